The number of oxazole rings is 1. The van der Waals surface area contributed by atoms with E-state index >= 15 is 0 Å². The van der Waals surface area contributed by atoms with Gasteiger partial charge in [-0.2, -0.15) is 0 Å². The van der Waals surface area contributed by atoms with Crippen molar-refractivity contribution in [1.82, 2.24) is 4.98 Å². The zero-order chi connectivity index (χ0) is 23.0. The number of nitrogens with one attached hydrogen (secondary N) is 1. The van der Waals surface area contributed by atoms with Crippen LogP contribution >= 0.6 is 15.9 Å². The first kappa shape index (κ1) is 21.7. The highest BCUT2D eigenvalue weighted by Crippen LogP contribution is 2.29. The Morgan fingerprint density at radius 3 is 2.44 bits per heavy atom. The summed E-state index contributed by atoms with van der Waals surface area (Å²) in [7, 11) is 0. The van der Waals surface area contributed by atoms with Crippen LogP contribution in [0, 0.1) is 10.1 Å². The summed E-state index contributed by atoms with van der Waals surface area (Å²) in [5, 5.41) is 13.8. The maximum atomic E-state index is 12.7. The molecule has 1 amide bonds. The van der Waals surface area contributed by atoms with Gasteiger partial charge >= 0.3 is 0 Å². The van der Waals surface area contributed by atoms with Crippen LogP contribution in [0.2, 0.25) is 0 Å². The molecule has 3 aromatic carbocycles. The number of fused-ring (bicyclic) bond motifs is 1. The summed E-state index contributed by atoms with van der Waals surface area (Å²) in [5.74, 6) is 0.0202. The van der Waals surface area contributed by atoms with Crippen molar-refractivity contribution >= 4 is 44.3 Å². The number of halogens is 1. The number of anilines is 1. The van der Waals surface area contributed by atoms with Gasteiger partial charge in [-0.25, -0.2) is 4.98 Å². The molecule has 0 unspecified atom stereocenters. The lowest BCUT2D eigenvalue weighted by Gasteiger charge is -2.18. The fourth-order valence-electron chi connectivity index (χ4n) is 3.24. The summed E-state index contributed by atoms with van der Waals surface area (Å²) in [4.78, 5) is 27.7. The van der Waals surface area contributed by atoms with E-state index in [-0.39, 0.29) is 16.7 Å². The number of benzene rings is 3. The molecule has 4 aromatic rings. The van der Waals surface area contributed by atoms with Gasteiger partial charge in [0, 0.05) is 27.9 Å². The van der Waals surface area contributed by atoms with Crippen molar-refractivity contribution in [3.63, 3.8) is 0 Å². The molecule has 0 bridgehead atoms. The van der Waals surface area contributed by atoms with Crippen LogP contribution in [-0.4, -0.2) is 15.8 Å². The van der Waals surface area contributed by atoms with E-state index < -0.39 is 10.8 Å². The Morgan fingerprint density at radius 2 is 1.78 bits per heavy atom. The van der Waals surface area contributed by atoms with Crippen molar-refractivity contribution in [1.29, 1.82) is 0 Å². The molecular weight excluding hydrogens is 474 g/mol. The van der Waals surface area contributed by atoms with Crippen LogP contribution in [0.15, 0.2) is 69.6 Å². The van der Waals surface area contributed by atoms with Gasteiger partial charge < -0.3 is 9.73 Å². The first-order valence-electron chi connectivity index (χ1n) is 9.88. The van der Waals surface area contributed by atoms with Crippen molar-refractivity contribution in [2.45, 2.75) is 26.2 Å². The molecule has 32 heavy (non-hydrogen) atoms. The molecule has 0 fully saturated rings. The molecule has 1 N–H and O–H groups in total. The number of aromatic nitrogens is 1. The molecule has 162 valence electrons. The SMILES string of the molecule is CC(C)(C)c1ccc(-c2nc3cc(NC(=O)c4cc([N+](=O)[O-])ccc4Br)ccc3o2)cc1. The summed E-state index contributed by atoms with van der Waals surface area (Å²) in [5.41, 5.74) is 3.83. The summed E-state index contributed by atoms with van der Waals surface area (Å²) < 4.78 is 6.34. The first-order valence-corrected chi connectivity index (χ1v) is 10.7. The summed E-state index contributed by atoms with van der Waals surface area (Å²) in [6, 6.07) is 17.3. The maximum absolute atomic E-state index is 12.7. The Bertz CT molecular complexity index is 1340. The van der Waals surface area contributed by atoms with Gasteiger partial charge in [0.25, 0.3) is 11.6 Å². The average Bonchev–Trinajstić information content (AvgIpc) is 3.16. The highest BCUT2D eigenvalue weighted by Gasteiger charge is 2.17. The van der Waals surface area contributed by atoms with Crippen molar-refractivity contribution < 1.29 is 14.1 Å². The second-order valence-corrected chi connectivity index (χ2v) is 9.26. The number of nitrogens with zero attached hydrogens (tertiary/aromatic N) is 2. The molecule has 1 aromatic heterocycles. The number of rotatable bonds is 4. The van der Waals surface area contributed by atoms with Gasteiger partial charge in [0.1, 0.15) is 5.52 Å². The molecule has 0 aliphatic carbocycles. The van der Waals surface area contributed by atoms with Crippen molar-refractivity contribution in [3.8, 4) is 11.5 Å². The third-order valence-corrected chi connectivity index (χ3v) is 5.74. The Kier molecular flexibility index (Phi) is 5.56. The number of nitro groups is 1. The number of non-ortho nitro benzene ring substituents is 1. The average molecular weight is 494 g/mol. The molecule has 0 aliphatic heterocycles. The quantitative estimate of drug-likeness (QED) is 0.251. The van der Waals surface area contributed by atoms with E-state index in [9.17, 15) is 14.9 Å². The topological polar surface area (TPSA) is 98.3 Å². The molecule has 0 radical (unpaired) electrons. The summed E-state index contributed by atoms with van der Waals surface area (Å²) in [6.07, 6.45) is 0. The highest BCUT2D eigenvalue weighted by atomic mass is 79.9. The van der Waals surface area contributed by atoms with Crippen molar-refractivity contribution in [2.75, 3.05) is 5.32 Å². The van der Waals surface area contributed by atoms with Crippen molar-refractivity contribution in [3.05, 3.63) is 86.4 Å². The fourth-order valence-corrected chi connectivity index (χ4v) is 3.67. The minimum Gasteiger partial charge on any atom is -0.436 e. The minimum atomic E-state index is -0.541. The van der Waals surface area contributed by atoms with E-state index in [0.29, 0.717) is 27.2 Å². The van der Waals surface area contributed by atoms with Crippen LogP contribution in [-0.2, 0) is 5.41 Å². The lowest BCUT2D eigenvalue weighted by Crippen LogP contribution is -2.12. The smallest absolute Gasteiger partial charge is 0.270 e. The molecule has 1 heterocycles. The molecule has 8 heteroatoms. The lowest BCUT2D eigenvalue weighted by molar-refractivity contribution is -0.384. The Hall–Kier alpha value is -3.52. The monoisotopic (exact) mass is 493 g/mol. The van der Waals surface area contributed by atoms with Crippen LogP contribution < -0.4 is 5.32 Å². The van der Waals surface area contributed by atoms with Gasteiger partial charge in [-0.05, 0) is 63.3 Å². The Morgan fingerprint density at radius 1 is 1.06 bits per heavy atom. The molecule has 0 saturated carbocycles. The zero-order valence-electron chi connectivity index (χ0n) is 17.7. The van der Waals surface area contributed by atoms with Gasteiger partial charge in [-0.15, -0.1) is 0 Å². The van der Waals surface area contributed by atoms with Gasteiger partial charge in [0.05, 0.1) is 10.5 Å². The molecule has 0 spiro atoms. The number of carbonyl (C=O) groups excluding carboxylic acids is 1. The van der Waals surface area contributed by atoms with E-state index in [2.05, 4.69) is 59.1 Å². The molecule has 7 nitrogen and oxygen atoms in total. The summed E-state index contributed by atoms with van der Waals surface area (Å²) in [6.45, 7) is 6.47. The van der Waals surface area contributed by atoms with Crippen molar-refractivity contribution in [2.24, 2.45) is 0 Å². The molecule has 0 aliphatic rings. The van der Waals surface area contributed by atoms with Gasteiger partial charge in [0.15, 0.2) is 5.58 Å². The third-order valence-electron chi connectivity index (χ3n) is 5.05. The second-order valence-electron chi connectivity index (χ2n) is 8.40. The number of hydrogen-bond acceptors (Lipinski definition) is 5. The van der Waals surface area contributed by atoms with Gasteiger partial charge in [-0.3, -0.25) is 14.9 Å². The minimum absolute atomic E-state index is 0.0567. The standard InChI is InChI=1S/C24H20BrN3O4/c1-24(2,3)15-6-4-14(5-7-15)23-27-20-12-16(8-11-21(20)32-23)26-22(29)18-13-17(28(30)31)9-10-19(18)25/h4-13H,1-3H3,(H,26,29). The number of hydrogen-bond donors (Lipinski definition) is 1. The normalized spacial score (nSPS) is 11.5. The fraction of sp³-hybridized carbons (Fsp3) is 0.167. The molecular formula is C24H20BrN3O4. The van der Waals surface area contributed by atoms with E-state index in [1.165, 1.54) is 23.8 Å². The Labute approximate surface area is 192 Å². The predicted molar refractivity (Wildman–Crippen MR) is 127 cm³/mol. The van der Waals surface area contributed by atoms with Crippen LogP contribution in [0.1, 0.15) is 36.7 Å². The number of amides is 1. The summed E-state index contributed by atoms with van der Waals surface area (Å²) >= 11 is 3.27. The van der Waals surface area contributed by atoms with E-state index in [1.807, 2.05) is 12.1 Å². The lowest BCUT2D eigenvalue weighted by atomic mass is 9.87. The van der Waals surface area contributed by atoms with Gasteiger partial charge in [0.2, 0.25) is 5.89 Å². The van der Waals surface area contributed by atoms with Crippen LogP contribution in [0.3, 0.4) is 0 Å². The van der Waals surface area contributed by atoms with Gasteiger partial charge in [-0.1, -0.05) is 32.9 Å². The highest BCUT2D eigenvalue weighted by molar-refractivity contribution is 9.10. The number of carbonyl (C=O) groups is 1. The van der Waals surface area contributed by atoms with Crippen LogP contribution in [0.5, 0.6) is 0 Å². The molecule has 0 saturated heterocycles. The molecule has 4 rings (SSSR count). The number of nitro benzene ring substituents is 1. The van der Waals surface area contributed by atoms with E-state index in [1.54, 1.807) is 18.2 Å². The van der Waals surface area contributed by atoms with E-state index in [0.717, 1.165) is 5.56 Å². The molecule has 0 atom stereocenters. The second kappa shape index (κ2) is 8.20. The first-order chi connectivity index (χ1) is 15.1. The Balaban J connectivity index is 1.59. The zero-order valence-corrected chi connectivity index (χ0v) is 19.3. The predicted octanol–water partition coefficient (Wildman–Crippen LogP) is 6.72. The van der Waals surface area contributed by atoms with Crippen LogP contribution in [0.25, 0.3) is 22.6 Å². The van der Waals surface area contributed by atoms with Crippen LogP contribution in [0.4, 0.5) is 11.4 Å². The van der Waals surface area contributed by atoms with E-state index in [4.69, 9.17) is 4.42 Å². The largest absolute Gasteiger partial charge is 0.436 e. The maximum Gasteiger partial charge on any atom is 0.270 e. The third kappa shape index (κ3) is 4.40.